The lowest BCUT2D eigenvalue weighted by atomic mass is 10.0. The van der Waals surface area contributed by atoms with Crippen molar-refractivity contribution in [2.45, 2.75) is 50.2 Å². The van der Waals surface area contributed by atoms with Gasteiger partial charge in [0.25, 0.3) is 10.0 Å². The first-order chi connectivity index (χ1) is 22.2. The molecule has 1 atom stereocenters. The van der Waals surface area contributed by atoms with Crippen molar-refractivity contribution in [1.82, 2.24) is 10.2 Å². The first kappa shape index (κ1) is 35.7. The van der Waals surface area contributed by atoms with Gasteiger partial charge in [0, 0.05) is 28.5 Å². The third-order valence-corrected chi connectivity index (χ3v) is 9.54. The molecule has 4 rings (SSSR count). The van der Waals surface area contributed by atoms with Crippen LogP contribution in [0.3, 0.4) is 0 Å². The van der Waals surface area contributed by atoms with Crippen LogP contribution in [-0.4, -0.2) is 50.4 Å². The first-order valence-electron chi connectivity index (χ1n) is 14.7. The molecule has 0 heterocycles. The summed E-state index contributed by atoms with van der Waals surface area (Å²) in [6.45, 7) is 4.63. The Hall–Kier alpha value is -4.12. The van der Waals surface area contributed by atoms with E-state index < -0.39 is 45.8 Å². The van der Waals surface area contributed by atoms with Gasteiger partial charge in [-0.2, -0.15) is 0 Å². The van der Waals surface area contributed by atoms with Gasteiger partial charge in [-0.1, -0.05) is 59.6 Å². The highest BCUT2D eigenvalue weighted by molar-refractivity contribution is 7.92. The zero-order valence-electron chi connectivity index (χ0n) is 26.4. The Bertz CT molecular complexity index is 1800. The first-order valence-corrected chi connectivity index (χ1v) is 16.9. The van der Waals surface area contributed by atoms with Crippen LogP contribution in [0.2, 0.25) is 10.0 Å². The van der Waals surface area contributed by atoms with Gasteiger partial charge in [0.1, 0.15) is 24.2 Å². The summed E-state index contributed by atoms with van der Waals surface area (Å²) >= 11 is 12.7. The maximum absolute atomic E-state index is 14.5. The molecule has 0 aromatic heterocycles. The van der Waals surface area contributed by atoms with E-state index in [1.165, 1.54) is 54.5 Å². The Morgan fingerprint density at radius 2 is 1.55 bits per heavy atom. The van der Waals surface area contributed by atoms with Crippen molar-refractivity contribution < 1.29 is 27.1 Å². The summed E-state index contributed by atoms with van der Waals surface area (Å²) in [6.07, 6.45) is 0.126. The smallest absolute Gasteiger partial charge is 0.264 e. The molecule has 0 aliphatic carbocycles. The number of sulfonamides is 1. The molecule has 0 unspecified atom stereocenters. The summed E-state index contributed by atoms with van der Waals surface area (Å²) in [5, 5.41) is 3.63. The van der Waals surface area contributed by atoms with Gasteiger partial charge in [0.05, 0.1) is 17.7 Å². The van der Waals surface area contributed by atoms with E-state index in [2.05, 4.69) is 5.32 Å². The van der Waals surface area contributed by atoms with Crippen LogP contribution in [0.5, 0.6) is 5.75 Å². The Kier molecular flexibility index (Phi) is 11.5. The van der Waals surface area contributed by atoms with Crippen LogP contribution in [0.1, 0.15) is 31.9 Å². The lowest BCUT2D eigenvalue weighted by Gasteiger charge is -2.35. The van der Waals surface area contributed by atoms with Crippen molar-refractivity contribution in [3.05, 3.63) is 124 Å². The Morgan fingerprint density at radius 1 is 0.915 bits per heavy atom. The van der Waals surface area contributed by atoms with E-state index in [9.17, 15) is 22.4 Å². The van der Waals surface area contributed by atoms with Crippen molar-refractivity contribution in [2.75, 3.05) is 18.0 Å². The molecule has 0 aliphatic rings. The molecule has 2 amide bonds. The molecule has 4 aromatic carbocycles. The van der Waals surface area contributed by atoms with E-state index in [4.69, 9.17) is 27.9 Å². The maximum atomic E-state index is 14.5. The lowest BCUT2D eigenvalue weighted by molar-refractivity contribution is -0.140. The van der Waals surface area contributed by atoms with Gasteiger partial charge in [-0.05, 0) is 92.6 Å². The molecule has 0 bridgehead atoms. The van der Waals surface area contributed by atoms with Crippen LogP contribution in [0.4, 0.5) is 10.1 Å². The Balaban J connectivity index is 1.83. The predicted octanol–water partition coefficient (Wildman–Crippen LogP) is 6.89. The van der Waals surface area contributed by atoms with E-state index >= 15 is 0 Å². The molecular formula is C35H36Cl2FN3O5S. The summed E-state index contributed by atoms with van der Waals surface area (Å²) in [5.74, 6) is -1.27. The SMILES string of the molecule is COc1ccc(S(=O)(=O)N(CC(=O)N(Cc2ccc(Cl)cc2Cl)[C@H](Cc2ccccc2)C(=O)NC(C)(C)C)c2ccc(F)cc2)cc1. The van der Waals surface area contributed by atoms with Crippen molar-refractivity contribution in [2.24, 2.45) is 0 Å². The molecule has 0 saturated heterocycles. The number of nitrogens with one attached hydrogen (secondary N) is 1. The third kappa shape index (κ3) is 9.47. The minimum Gasteiger partial charge on any atom is -0.497 e. The van der Waals surface area contributed by atoms with E-state index in [0.717, 1.165) is 22.0 Å². The summed E-state index contributed by atoms with van der Waals surface area (Å²) in [6, 6.07) is 23.4. The topological polar surface area (TPSA) is 96.0 Å². The summed E-state index contributed by atoms with van der Waals surface area (Å²) in [7, 11) is -2.92. The van der Waals surface area contributed by atoms with E-state index in [1.807, 2.05) is 51.1 Å². The van der Waals surface area contributed by atoms with Gasteiger partial charge in [-0.25, -0.2) is 12.8 Å². The molecule has 4 aromatic rings. The number of hydrogen-bond donors (Lipinski definition) is 1. The largest absolute Gasteiger partial charge is 0.497 e. The number of ether oxygens (including phenoxy) is 1. The molecule has 12 heteroatoms. The predicted molar refractivity (Wildman–Crippen MR) is 183 cm³/mol. The molecule has 248 valence electrons. The van der Waals surface area contributed by atoms with Crippen molar-refractivity contribution in [3.8, 4) is 5.75 Å². The highest BCUT2D eigenvalue weighted by atomic mass is 35.5. The molecule has 1 N–H and O–H groups in total. The molecular weight excluding hydrogens is 664 g/mol. The van der Waals surface area contributed by atoms with Gasteiger partial charge in [-0.15, -0.1) is 0 Å². The average Bonchev–Trinajstić information content (AvgIpc) is 3.02. The quantitative estimate of drug-likeness (QED) is 0.174. The minimum atomic E-state index is -4.38. The number of carbonyl (C=O) groups excluding carboxylic acids is 2. The van der Waals surface area contributed by atoms with Crippen LogP contribution >= 0.6 is 23.2 Å². The third-order valence-electron chi connectivity index (χ3n) is 7.17. The van der Waals surface area contributed by atoms with Crippen molar-refractivity contribution >= 4 is 50.7 Å². The van der Waals surface area contributed by atoms with Gasteiger partial charge in [-0.3, -0.25) is 13.9 Å². The Labute approximate surface area is 285 Å². The monoisotopic (exact) mass is 699 g/mol. The van der Waals surface area contributed by atoms with E-state index in [1.54, 1.807) is 12.1 Å². The number of methoxy groups -OCH3 is 1. The highest BCUT2D eigenvalue weighted by Crippen LogP contribution is 2.28. The second-order valence-corrected chi connectivity index (χ2v) is 14.6. The minimum absolute atomic E-state index is 0.0544. The molecule has 0 aliphatic heterocycles. The number of anilines is 1. The molecule has 0 spiro atoms. The van der Waals surface area contributed by atoms with E-state index in [-0.39, 0.29) is 28.6 Å². The number of rotatable bonds is 12. The number of halogens is 3. The number of benzene rings is 4. The normalized spacial score (nSPS) is 12.2. The number of carbonyl (C=O) groups is 2. The van der Waals surface area contributed by atoms with Crippen LogP contribution < -0.4 is 14.4 Å². The standard InChI is InChI=1S/C35H36Cl2FN3O5S/c1-35(2,3)39-34(43)32(20-24-8-6-5-7-9-24)40(22-25-10-11-26(36)21-31(25)37)33(42)23-41(28-14-12-27(38)13-15-28)47(44,45)30-18-16-29(46-4)17-19-30/h5-19,21,32H,20,22-23H2,1-4H3,(H,39,43)/t32-/m1/s1. The van der Waals surface area contributed by atoms with Crippen LogP contribution in [0.15, 0.2) is 102 Å². The molecule has 47 heavy (non-hydrogen) atoms. The summed E-state index contributed by atoms with van der Waals surface area (Å²) in [4.78, 5) is 29.7. The highest BCUT2D eigenvalue weighted by Gasteiger charge is 2.36. The van der Waals surface area contributed by atoms with Crippen molar-refractivity contribution in [3.63, 3.8) is 0 Å². The fraction of sp³-hybridized carbons (Fsp3) is 0.257. The fourth-order valence-corrected chi connectivity index (χ4v) is 6.73. The van der Waals surface area contributed by atoms with Crippen LogP contribution in [-0.2, 0) is 32.6 Å². The zero-order chi connectivity index (χ0) is 34.4. The van der Waals surface area contributed by atoms with Gasteiger partial charge < -0.3 is 15.0 Å². The summed E-state index contributed by atoms with van der Waals surface area (Å²) < 4.78 is 48.3. The van der Waals surface area contributed by atoms with Crippen LogP contribution in [0, 0.1) is 5.82 Å². The molecule has 0 radical (unpaired) electrons. The molecule has 0 fully saturated rings. The van der Waals surface area contributed by atoms with Crippen LogP contribution in [0.25, 0.3) is 0 Å². The molecule has 0 saturated carbocycles. The second-order valence-electron chi connectivity index (χ2n) is 11.9. The number of nitrogens with zero attached hydrogens (tertiary/aromatic N) is 2. The van der Waals surface area contributed by atoms with E-state index in [0.29, 0.717) is 16.3 Å². The van der Waals surface area contributed by atoms with Crippen molar-refractivity contribution in [1.29, 1.82) is 0 Å². The van der Waals surface area contributed by atoms with Gasteiger partial charge in [0.15, 0.2) is 0 Å². The van der Waals surface area contributed by atoms with Gasteiger partial charge in [0.2, 0.25) is 11.8 Å². The molecule has 8 nitrogen and oxygen atoms in total. The zero-order valence-corrected chi connectivity index (χ0v) is 28.7. The fourth-order valence-electron chi connectivity index (χ4n) is 4.85. The maximum Gasteiger partial charge on any atom is 0.264 e. The summed E-state index contributed by atoms with van der Waals surface area (Å²) in [5.41, 5.74) is 0.690. The Morgan fingerprint density at radius 3 is 2.13 bits per heavy atom. The lowest BCUT2D eigenvalue weighted by Crippen LogP contribution is -2.56. The second kappa shape index (κ2) is 15.2. The number of amides is 2. The van der Waals surface area contributed by atoms with Gasteiger partial charge >= 0.3 is 0 Å². The number of hydrogen-bond acceptors (Lipinski definition) is 5. The average molecular weight is 701 g/mol.